The van der Waals surface area contributed by atoms with E-state index in [4.69, 9.17) is 14.2 Å². The van der Waals surface area contributed by atoms with Gasteiger partial charge in [0.05, 0.1) is 55.2 Å². The average Bonchev–Trinajstić information content (AvgIpc) is 3.16. The maximum atomic E-state index is 13.2. The first kappa shape index (κ1) is 28.1. The predicted octanol–water partition coefficient (Wildman–Crippen LogP) is 6.09. The van der Waals surface area contributed by atoms with Gasteiger partial charge in [-0.05, 0) is 77.4 Å². The van der Waals surface area contributed by atoms with E-state index >= 15 is 0 Å². The van der Waals surface area contributed by atoms with Crippen molar-refractivity contribution < 1.29 is 23.8 Å². The van der Waals surface area contributed by atoms with Gasteiger partial charge in [0.1, 0.15) is 11.5 Å². The van der Waals surface area contributed by atoms with Gasteiger partial charge in [-0.1, -0.05) is 18.2 Å². The van der Waals surface area contributed by atoms with Gasteiger partial charge < -0.3 is 35.1 Å². The third-order valence-electron chi connectivity index (χ3n) is 7.58. The molecule has 0 radical (unpaired) electrons. The molecule has 4 aromatic carbocycles. The number of ether oxygens (including phenoxy) is 3. The lowest BCUT2D eigenvalue weighted by Crippen LogP contribution is -2.36. The number of hydrogen-bond acceptors (Lipinski definition) is 7. The van der Waals surface area contributed by atoms with Crippen LogP contribution in [0.1, 0.15) is 22.8 Å². The monoisotopic (exact) mass is 578 g/mol. The molecule has 2 aliphatic heterocycles. The molecule has 0 unspecified atom stereocenters. The summed E-state index contributed by atoms with van der Waals surface area (Å²) in [5, 5.41) is 9.26. The molecular formula is C34H34N4O5. The molecule has 1 fully saturated rings. The van der Waals surface area contributed by atoms with Gasteiger partial charge >= 0.3 is 0 Å². The van der Waals surface area contributed by atoms with Crippen molar-refractivity contribution in [2.45, 2.75) is 13.3 Å². The van der Waals surface area contributed by atoms with E-state index in [2.05, 4.69) is 33.0 Å². The highest BCUT2D eigenvalue weighted by Crippen LogP contribution is 2.37. The Kier molecular flexibility index (Phi) is 8.15. The van der Waals surface area contributed by atoms with Gasteiger partial charge in [0.25, 0.3) is 5.91 Å². The van der Waals surface area contributed by atoms with Gasteiger partial charge in [-0.3, -0.25) is 9.59 Å². The maximum absolute atomic E-state index is 13.2. The van der Waals surface area contributed by atoms with Gasteiger partial charge in [-0.2, -0.15) is 0 Å². The predicted molar refractivity (Wildman–Crippen MR) is 169 cm³/mol. The number of rotatable bonds is 8. The molecule has 0 saturated carbocycles. The largest absolute Gasteiger partial charge is 0.495 e. The van der Waals surface area contributed by atoms with Crippen molar-refractivity contribution >= 4 is 40.3 Å². The summed E-state index contributed by atoms with van der Waals surface area (Å²) in [6, 6.07) is 25.4. The van der Waals surface area contributed by atoms with Crippen LogP contribution in [0.15, 0.2) is 78.9 Å². The van der Waals surface area contributed by atoms with Crippen molar-refractivity contribution in [1.82, 2.24) is 0 Å². The highest BCUT2D eigenvalue weighted by molar-refractivity contribution is 6.12. The van der Waals surface area contributed by atoms with Crippen molar-refractivity contribution in [1.29, 1.82) is 0 Å². The average molecular weight is 579 g/mol. The molecule has 0 spiro atoms. The van der Waals surface area contributed by atoms with E-state index < -0.39 is 0 Å². The third-order valence-corrected chi connectivity index (χ3v) is 7.58. The molecular weight excluding hydrogens is 544 g/mol. The molecule has 43 heavy (non-hydrogen) atoms. The molecule has 1 saturated heterocycles. The molecule has 2 amide bonds. The lowest BCUT2D eigenvalue weighted by molar-refractivity contribution is -0.114. The van der Waals surface area contributed by atoms with Crippen molar-refractivity contribution in [3.63, 3.8) is 0 Å². The van der Waals surface area contributed by atoms with Crippen LogP contribution in [0, 0.1) is 0 Å². The standard InChI is InChI=1S/C34H34N4O5/c1-22(39)35-30-12-5-25(21-33(30)41-2)24-4-10-28-31(20-24)36-29-11-3-23(19-32(29)37-34(28)40)13-16-43-27-8-6-26(7-9-27)38-14-17-42-18-15-38/h3-12,19-21,36H,13-18H2,1-2H3,(H,35,39)(H,37,40). The van der Waals surface area contributed by atoms with Gasteiger partial charge in [0.2, 0.25) is 5.91 Å². The zero-order valence-corrected chi connectivity index (χ0v) is 24.2. The van der Waals surface area contributed by atoms with Gasteiger partial charge in [0, 0.05) is 32.1 Å². The van der Waals surface area contributed by atoms with E-state index in [1.165, 1.54) is 12.6 Å². The number of hydrogen-bond donors (Lipinski definition) is 3. The zero-order valence-electron chi connectivity index (χ0n) is 24.2. The summed E-state index contributed by atoms with van der Waals surface area (Å²) in [5.74, 6) is 1.03. The SMILES string of the molecule is COc1cc(-c2ccc3c(c2)Nc2ccc(CCOc4ccc(N5CCOCC5)cc4)cc2NC3=O)ccc1NC(C)=O. The smallest absolute Gasteiger partial charge is 0.257 e. The van der Waals surface area contributed by atoms with E-state index in [-0.39, 0.29) is 11.8 Å². The lowest BCUT2D eigenvalue weighted by atomic mass is 10.0. The minimum atomic E-state index is -0.180. The normalized spacial score (nSPS) is 14.0. The van der Waals surface area contributed by atoms with Crippen LogP contribution in [0.4, 0.5) is 28.4 Å². The number of fused-ring (bicyclic) bond motifs is 2. The third kappa shape index (κ3) is 6.42. The van der Waals surface area contributed by atoms with Crippen LogP contribution in [0.2, 0.25) is 0 Å². The van der Waals surface area contributed by atoms with Crippen LogP contribution >= 0.6 is 0 Å². The number of carbonyl (C=O) groups excluding carboxylic acids is 2. The van der Waals surface area contributed by atoms with Crippen LogP contribution in [-0.2, 0) is 16.0 Å². The first-order valence-electron chi connectivity index (χ1n) is 14.3. The fourth-order valence-corrected chi connectivity index (χ4v) is 5.34. The summed E-state index contributed by atoms with van der Waals surface area (Å²) >= 11 is 0. The number of benzene rings is 4. The van der Waals surface area contributed by atoms with Crippen LogP contribution in [0.5, 0.6) is 11.5 Å². The molecule has 4 aromatic rings. The molecule has 2 aliphatic rings. The Morgan fingerprint density at radius 3 is 2.42 bits per heavy atom. The van der Waals surface area contributed by atoms with Crippen molar-refractivity contribution in [2.75, 3.05) is 60.9 Å². The highest BCUT2D eigenvalue weighted by atomic mass is 16.5. The Labute approximate surface area is 250 Å². The van der Waals surface area contributed by atoms with E-state index in [9.17, 15) is 9.59 Å². The second kappa shape index (κ2) is 12.5. The van der Waals surface area contributed by atoms with E-state index in [0.29, 0.717) is 35.7 Å². The van der Waals surface area contributed by atoms with Crippen LogP contribution in [-0.4, -0.2) is 51.8 Å². The molecule has 220 valence electrons. The Balaban J connectivity index is 1.13. The fraction of sp³-hybridized carbons (Fsp3) is 0.235. The Bertz CT molecular complexity index is 1650. The summed E-state index contributed by atoms with van der Waals surface area (Å²) in [7, 11) is 1.56. The highest BCUT2D eigenvalue weighted by Gasteiger charge is 2.20. The Morgan fingerprint density at radius 2 is 1.65 bits per heavy atom. The van der Waals surface area contributed by atoms with E-state index in [0.717, 1.165) is 60.1 Å². The quantitative estimate of drug-likeness (QED) is 0.233. The fourth-order valence-electron chi connectivity index (χ4n) is 5.34. The molecule has 9 heteroatoms. The molecule has 9 nitrogen and oxygen atoms in total. The molecule has 2 heterocycles. The molecule has 0 aliphatic carbocycles. The number of anilines is 5. The van der Waals surface area contributed by atoms with Gasteiger partial charge in [-0.25, -0.2) is 0 Å². The summed E-state index contributed by atoms with van der Waals surface area (Å²) in [6.45, 7) is 5.30. The van der Waals surface area contributed by atoms with Crippen LogP contribution in [0.25, 0.3) is 11.1 Å². The minimum Gasteiger partial charge on any atom is -0.495 e. The number of methoxy groups -OCH3 is 1. The molecule has 3 N–H and O–H groups in total. The Hall–Kier alpha value is -5.02. The number of carbonyl (C=O) groups is 2. The number of nitrogens with one attached hydrogen (secondary N) is 3. The minimum absolute atomic E-state index is 0.171. The second-order valence-electron chi connectivity index (χ2n) is 10.5. The molecule has 6 rings (SSSR count). The zero-order chi connectivity index (χ0) is 29.8. The summed E-state index contributed by atoms with van der Waals surface area (Å²) in [6.07, 6.45) is 0.696. The molecule has 0 bridgehead atoms. The Morgan fingerprint density at radius 1 is 0.884 bits per heavy atom. The van der Waals surface area contributed by atoms with Gasteiger partial charge in [0.15, 0.2) is 0 Å². The maximum Gasteiger partial charge on any atom is 0.257 e. The summed E-state index contributed by atoms with van der Waals surface area (Å²) in [4.78, 5) is 27.0. The number of amides is 2. The summed E-state index contributed by atoms with van der Waals surface area (Å²) in [5.41, 5.74) is 7.42. The van der Waals surface area contributed by atoms with Crippen LogP contribution < -0.4 is 30.3 Å². The summed E-state index contributed by atoms with van der Waals surface area (Å²) < 4.78 is 16.9. The first-order valence-corrected chi connectivity index (χ1v) is 14.3. The second-order valence-corrected chi connectivity index (χ2v) is 10.5. The lowest BCUT2D eigenvalue weighted by Gasteiger charge is -2.28. The number of nitrogens with zero attached hydrogens (tertiary/aromatic N) is 1. The number of morpholine rings is 1. The first-order chi connectivity index (χ1) is 21.0. The molecule has 0 atom stereocenters. The van der Waals surface area contributed by atoms with Crippen molar-refractivity contribution in [3.05, 3.63) is 90.0 Å². The topological polar surface area (TPSA) is 101 Å². The van der Waals surface area contributed by atoms with Crippen molar-refractivity contribution in [2.24, 2.45) is 0 Å². The van der Waals surface area contributed by atoms with Crippen LogP contribution in [0.3, 0.4) is 0 Å². The van der Waals surface area contributed by atoms with Gasteiger partial charge in [-0.15, -0.1) is 0 Å². The van der Waals surface area contributed by atoms with E-state index in [1.807, 2.05) is 66.7 Å². The molecule has 0 aromatic heterocycles. The van der Waals surface area contributed by atoms with Crippen molar-refractivity contribution in [3.8, 4) is 22.6 Å². The van der Waals surface area contributed by atoms with E-state index in [1.54, 1.807) is 7.11 Å².